The highest BCUT2D eigenvalue weighted by atomic mass is 35.5. The van der Waals surface area contributed by atoms with Crippen molar-refractivity contribution in [2.75, 3.05) is 23.4 Å². The first-order valence-corrected chi connectivity index (χ1v) is 24.8. The van der Waals surface area contributed by atoms with Crippen molar-refractivity contribution < 1.29 is 67.0 Å². The molecule has 13 nitrogen and oxygen atoms in total. The van der Waals surface area contributed by atoms with Crippen LogP contribution in [0, 0.1) is 23.5 Å². The van der Waals surface area contributed by atoms with Gasteiger partial charge in [0.05, 0.1) is 33.3 Å². The van der Waals surface area contributed by atoms with E-state index in [4.69, 9.17) is 11.6 Å². The fourth-order valence-electron chi connectivity index (χ4n) is 7.37. The molecule has 3 heterocycles. The summed E-state index contributed by atoms with van der Waals surface area (Å²) in [5.41, 5.74) is -6.67. The highest BCUT2D eigenvalue weighted by Crippen LogP contribution is 2.47. The smallest absolute Gasteiger partial charge is 0.389 e. The Morgan fingerprint density at radius 1 is 0.944 bits per heavy atom. The van der Waals surface area contributed by atoms with E-state index in [2.05, 4.69) is 37.7 Å². The minimum Gasteiger partial charge on any atom is -0.389 e. The topological polar surface area (TPSA) is 164 Å². The molecule has 3 atom stereocenters. The van der Waals surface area contributed by atoms with Crippen LogP contribution in [0.1, 0.15) is 87.9 Å². The predicted octanol–water partition coefficient (Wildman–Crippen LogP) is 9.06. The summed E-state index contributed by atoms with van der Waals surface area (Å²) in [4.78, 5) is 32.2. The van der Waals surface area contributed by atoms with E-state index in [9.17, 15) is 58.2 Å². The summed E-state index contributed by atoms with van der Waals surface area (Å²) in [6, 6.07) is 4.29. The lowest BCUT2D eigenvalue weighted by molar-refractivity contribution is -0.142. The molecule has 6 rings (SSSR count). The van der Waals surface area contributed by atoms with Crippen molar-refractivity contribution in [3.63, 3.8) is 0 Å². The van der Waals surface area contributed by atoms with Crippen molar-refractivity contribution in [1.29, 1.82) is 0 Å². The summed E-state index contributed by atoms with van der Waals surface area (Å²) >= 11 is 6.67. The molecule has 0 spiro atoms. The van der Waals surface area contributed by atoms with Crippen molar-refractivity contribution in [1.82, 2.24) is 35.2 Å². The molecule has 386 valence electrons. The van der Waals surface area contributed by atoms with Gasteiger partial charge in [0, 0.05) is 59.0 Å². The van der Waals surface area contributed by atoms with Gasteiger partial charge in [-0.2, -0.15) is 49.6 Å². The molecule has 2 aromatic carbocycles. The number of pyridine rings is 1. The molecule has 0 fully saturated rings. The Morgan fingerprint density at radius 3 is 2.13 bits per heavy atom. The number of alkyl halides is 8. The lowest BCUT2D eigenvalue weighted by Crippen LogP contribution is -2.46. The third-order valence-electron chi connectivity index (χ3n) is 10.6. The fraction of sp³-hybridized carbons (Fsp3) is 0.444. The maximum Gasteiger partial charge on any atom is 0.435 e. The van der Waals surface area contributed by atoms with Crippen LogP contribution in [0.5, 0.6) is 0 Å². The van der Waals surface area contributed by atoms with Crippen molar-refractivity contribution in [2.45, 2.75) is 109 Å². The Hall–Kier alpha value is -5.58. The van der Waals surface area contributed by atoms with Crippen molar-refractivity contribution in [3.05, 3.63) is 93.0 Å². The van der Waals surface area contributed by atoms with Crippen LogP contribution in [-0.4, -0.2) is 85.6 Å². The average Bonchev–Trinajstić information content (AvgIpc) is 3.90. The highest BCUT2D eigenvalue weighted by molar-refractivity contribution is 7.86. The number of carbonyl (C=O) groups excluding carboxylic acids is 2. The van der Waals surface area contributed by atoms with Crippen LogP contribution in [0.4, 0.5) is 54.5 Å². The summed E-state index contributed by atoms with van der Waals surface area (Å²) < 4.78 is 171. The number of hydrogen-bond donors (Lipinski definition) is 3. The normalized spacial score (nSPS) is 14.9. The number of nitrogens with one attached hydrogen (secondary N) is 2. The first kappa shape index (κ1) is 56.3. The molecule has 5 aromatic rings. The molecule has 3 amide bonds. The fourth-order valence-corrected chi connectivity index (χ4v) is 8.47. The largest absolute Gasteiger partial charge is 0.435 e. The Kier molecular flexibility index (Phi) is 16.9. The lowest BCUT2D eigenvalue weighted by Gasteiger charge is -2.23. The molecule has 3 aromatic heterocycles. The monoisotopic (exact) mass is 1070 g/mol. The number of aliphatic hydroxyl groups is 1. The second kappa shape index (κ2) is 21.3. The quantitative estimate of drug-likeness (QED) is 0.0777. The summed E-state index contributed by atoms with van der Waals surface area (Å²) in [6.07, 6.45) is -10.2. The Balaban J connectivity index is 0.00000463. The van der Waals surface area contributed by atoms with E-state index in [1.54, 1.807) is 0 Å². The molecule has 0 aliphatic heterocycles. The van der Waals surface area contributed by atoms with E-state index in [1.165, 1.54) is 58.2 Å². The standard InChI is InChI=1S/C43H41ClF10N8O5S2.C2H6/c1-39(2,65)20-55-38(64)62(69(6)67)37-32-29(44)10-9-27(34(32)61(59-37)21-42(49,50)51)26-8-7-25(11-13-40(3,4)68(5)66)56-33(26)30(17-22-15-23(45)18-24(46)16-22)57-31(63)19-60-36-28(12-14-41(36,47)48)35(58-60)43(52,53)54;1-2/h7-10,15-16,18,30,65H,12,14,17,19-21H2,1-6H3,(H,55,64)(H,57,63);1-2H3. The van der Waals surface area contributed by atoms with Gasteiger partial charge >= 0.3 is 18.4 Å². The van der Waals surface area contributed by atoms with Gasteiger partial charge in [-0.1, -0.05) is 37.4 Å². The molecule has 0 radical (unpaired) electrons. The van der Waals surface area contributed by atoms with Crippen LogP contribution in [0.25, 0.3) is 22.0 Å². The van der Waals surface area contributed by atoms with E-state index >= 15 is 8.78 Å². The van der Waals surface area contributed by atoms with E-state index in [0.717, 1.165) is 18.4 Å². The van der Waals surface area contributed by atoms with Crippen LogP contribution in [0.3, 0.4) is 0 Å². The molecule has 0 saturated heterocycles. The first-order valence-electron chi connectivity index (χ1n) is 21.3. The molecule has 0 saturated carbocycles. The maximum atomic E-state index is 15.1. The minimum atomic E-state index is -5.19. The van der Waals surface area contributed by atoms with Gasteiger partial charge in [0.1, 0.15) is 51.8 Å². The van der Waals surface area contributed by atoms with Crippen molar-refractivity contribution >= 4 is 62.0 Å². The van der Waals surface area contributed by atoms with Crippen LogP contribution in [0.15, 0.2) is 42.5 Å². The first-order chi connectivity index (χ1) is 32.8. The molecular formula is C45H47ClF10N8O5S2. The minimum absolute atomic E-state index is 0.137. The Labute approximate surface area is 410 Å². The lowest BCUT2D eigenvalue weighted by atomic mass is 9.93. The Bertz CT molecular complexity index is 2940. The van der Waals surface area contributed by atoms with E-state index < -0.39 is 147 Å². The van der Waals surface area contributed by atoms with Crippen molar-refractivity contribution in [3.8, 4) is 23.0 Å². The summed E-state index contributed by atoms with van der Waals surface area (Å²) in [6.45, 7) is 6.19. The number of amides is 3. The van der Waals surface area contributed by atoms with Crippen LogP contribution in [-0.2, 0) is 64.6 Å². The molecule has 1 aliphatic rings. The number of benzene rings is 2. The molecule has 1 aliphatic carbocycles. The zero-order valence-corrected chi connectivity index (χ0v) is 41.5. The third-order valence-corrected chi connectivity index (χ3v) is 13.3. The Morgan fingerprint density at radius 2 is 1.56 bits per heavy atom. The second-order valence-electron chi connectivity index (χ2n) is 17.1. The summed E-state index contributed by atoms with van der Waals surface area (Å²) in [5.74, 6) is -2.43. The number of aromatic nitrogens is 5. The predicted molar refractivity (Wildman–Crippen MR) is 247 cm³/mol. The third kappa shape index (κ3) is 13.3. The highest BCUT2D eigenvalue weighted by Gasteiger charge is 2.50. The molecule has 3 unspecified atom stereocenters. The van der Waals surface area contributed by atoms with Gasteiger partial charge in [-0.05, 0) is 82.4 Å². The number of carbonyl (C=O) groups is 2. The molecular weight excluding hydrogens is 1020 g/mol. The summed E-state index contributed by atoms with van der Waals surface area (Å²) in [7, 11) is -3.93. The maximum absolute atomic E-state index is 15.1. The van der Waals surface area contributed by atoms with Gasteiger partial charge in [-0.3, -0.25) is 18.4 Å². The van der Waals surface area contributed by atoms with Gasteiger partial charge in [-0.25, -0.2) is 22.8 Å². The van der Waals surface area contributed by atoms with Gasteiger partial charge in [0.15, 0.2) is 11.5 Å². The summed E-state index contributed by atoms with van der Waals surface area (Å²) in [5, 5.41) is 21.7. The zero-order valence-electron chi connectivity index (χ0n) is 39.1. The van der Waals surface area contributed by atoms with Crippen molar-refractivity contribution in [2.24, 2.45) is 0 Å². The average molecular weight is 1070 g/mol. The van der Waals surface area contributed by atoms with Gasteiger partial charge in [0.25, 0.3) is 5.92 Å². The second-order valence-corrected chi connectivity index (χ2v) is 20.6. The van der Waals surface area contributed by atoms with Gasteiger partial charge < -0.3 is 15.7 Å². The van der Waals surface area contributed by atoms with Gasteiger partial charge in [0.2, 0.25) is 5.91 Å². The van der Waals surface area contributed by atoms with Gasteiger partial charge in [-0.15, -0.1) is 0 Å². The van der Waals surface area contributed by atoms with Crippen LogP contribution >= 0.6 is 11.6 Å². The molecule has 0 bridgehead atoms. The zero-order chi connectivity index (χ0) is 53.3. The van der Waals surface area contributed by atoms with E-state index in [1.807, 2.05) is 13.8 Å². The van der Waals surface area contributed by atoms with E-state index in [-0.39, 0.29) is 43.2 Å². The van der Waals surface area contributed by atoms with E-state index in [0.29, 0.717) is 15.1 Å². The number of urea groups is 1. The van der Waals surface area contributed by atoms with Crippen LogP contribution in [0.2, 0.25) is 5.02 Å². The number of anilines is 1. The molecule has 3 N–H and O–H groups in total. The molecule has 26 heteroatoms. The molecule has 71 heavy (non-hydrogen) atoms. The number of rotatable bonds is 13. The number of fused-ring (bicyclic) bond motifs is 2. The number of nitrogens with zero attached hydrogens (tertiary/aromatic N) is 6. The number of halogens is 11. The van der Waals surface area contributed by atoms with Crippen LogP contribution < -0.4 is 14.9 Å². The number of hydrogen-bond acceptors (Lipinski definition) is 8. The SMILES string of the molecule is CC.CS(=O)N(C(=O)NCC(C)(C)O)c1nn(CC(F)(F)F)c2c(-c3ccc(C#CC(C)(C)S(C)=O)nc3C(Cc3cc(F)cc(F)c3)NC(=O)Cn3nc(C(F)(F)F)c4c3C(F)(F)CC4)ccc(Cl)c12.